The SMILES string of the molecule is CCCN(CC(=O)Nc1ccccc1OC)Cn1c(C)c(C)n(C2CCCC2)c1=S. The van der Waals surface area contributed by atoms with Crippen molar-refractivity contribution in [2.75, 3.05) is 25.5 Å². The topological polar surface area (TPSA) is 51.4 Å². The van der Waals surface area contributed by atoms with Crippen molar-refractivity contribution in [3.05, 3.63) is 40.4 Å². The maximum Gasteiger partial charge on any atom is 0.238 e. The zero-order chi connectivity index (χ0) is 21.7. The van der Waals surface area contributed by atoms with Gasteiger partial charge in [-0.05, 0) is 57.5 Å². The summed E-state index contributed by atoms with van der Waals surface area (Å²) >= 11 is 5.87. The van der Waals surface area contributed by atoms with Gasteiger partial charge in [-0.25, -0.2) is 0 Å². The Balaban J connectivity index is 1.75. The number of carbonyl (C=O) groups excluding carboxylic acids is 1. The smallest absolute Gasteiger partial charge is 0.238 e. The summed E-state index contributed by atoms with van der Waals surface area (Å²) in [5.41, 5.74) is 3.14. The highest BCUT2D eigenvalue weighted by atomic mass is 32.1. The highest BCUT2D eigenvalue weighted by molar-refractivity contribution is 7.71. The van der Waals surface area contributed by atoms with Crippen LogP contribution in [0.1, 0.15) is 56.5 Å². The van der Waals surface area contributed by atoms with Gasteiger partial charge in [-0.2, -0.15) is 0 Å². The Morgan fingerprint density at radius 1 is 1.23 bits per heavy atom. The van der Waals surface area contributed by atoms with Crippen LogP contribution in [0.3, 0.4) is 0 Å². The van der Waals surface area contributed by atoms with E-state index in [1.54, 1.807) is 7.11 Å². The predicted octanol–water partition coefficient (Wildman–Crippen LogP) is 5.07. The Bertz CT molecular complexity index is 928. The molecule has 1 heterocycles. The average Bonchev–Trinajstić information content (AvgIpc) is 3.32. The van der Waals surface area contributed by atoms with Crippen molar-refractivity contribution in [3.63, 3.8) is 0 Å². The number of benzene rings is 1. The summed E-state index contributed by atoms with van der Waals surface area (Å²) < 4.78 is 10.8. The van der Waals surface area contributed by atoms with Gasteiger partial charge in [0.2, 0.25) is 5.91 Å². The number of methoxy groups -OCH3 is 1. The van der Waals surface area contributed by atoms with Crippen LogP contribution in [-0.4, -0.2) is 40.1 Å². The first-order valence-corrected chi connectivity index (χ1v) is 11.3. The fourth-order valence-electron chi connectivity index (χ4n) is 4.40. The van der Waals surface area contributed by atoms with E-state index in [0.29, 0.717) is 30.7 Å². The van der Waals surface area contributed by atoms with E-state index in [2.05, 4.69) is 40.1 Å². The molecule has 0 atom stereocenters. The highest BCUT2D eigenvalue weighted by Gasteiger charge is 2.23. The third-order valence-corrected chi connectivity index (χ3v) is 6.46. The van der Waals surface area contributed by atoms with E-state index >= 15 is 0 Å². The molecular formula is C23H34N4O2S. The van der Waals surface area contributed by atoms with Gasteiger partial charge in [0, 0.05) is 24.0 Å². The molecule has 2 aromatic rings. The Morgan fingerprint density at radius 2 is 1.93 bits per heavy atom. The molecule has 1 saturated carbocycles. The summed E-state index contributed by atoms with van der Waals surface area (Å²) in [7, 11) is 1.61. The summed E-state index contributed by atoms with van der Waals surface area (Å²) in [5, 5.41) is 2.98. The normalized spacial score (nSPS) is 14.4. The molecule has 0 spiro atoms. The molecule has 1 N–H and O–H groups in total. The lowest BCUT2D eigenvalue weighted by molar-refractivity contribution is -0.117. The van der Waals surface area contributed by atoms with E-state index in [1.165, 1.54) is 37.1 Å². The lowest BCUT2D eigenvalue weighted by Gasteiger charge is -2.23. The first-order chi connectivity index (χ1) is 14.5. The Hall–Kier alpha value is -2.12. The highest BCUT2D eigenvalue weighted by Crippen LogP contribution is 2.32. The van der Waals surface area contributed by atoms with Gasteiger partial charge in [0.25, 0.3) is 0 Å². The van der Waals surface area contributed by atoms with Crippen molar-refractivity contribution in [2.45, 2.75) is 65.6 Å². The van der Waals surface area contributed by atoms with Gasteiger partial charge >= 0.3 is 0 Å². The maximum atomic E-state index is 12.8. The van der Waals surface area contributed by atoms with Crippen LogP contribution in [0.2, 0.25) is 0 Å². The van der Waals surface area contributed by atoms with E-state index in [9.17, 15) is 4.79 Å². The number of para-hydroxylation sites is 2. The number of hydrogen-bond acceptors (Lipinski definition) is 4. The Morgan fingerprint density at radius 3 is 2.60 bits per heavy atom. The van der Waals surface area contributed by atoms with Gasteiger partial charge in [0.1, 0.15) is 5.75 Å². The summed E-state index contributed by atoms with van der Waals surface area (Å²) in [6, 6.07) is 7.99. The molecule has 1 fully saturated rings. The fraction of sp³-hybridized carbons (Fsp3) is 0.565. The average molecular weight is 431 g/mol. The van der Waals surface area contributed by atoms with Gasteiger partial charge in [-0.15, -0.1) is 0 Å². The predicted molar refractivity (Wildman–Crippen MR) is 124 cm³/mol. The molecule has 30 heavy (non-hydrogen) atoms. The fourth-order valence-corrected chi connectivity index (χ4v) is 4.88. The van der Waals surface area contributed by atoms with Crippen LogP contribution in [0.25, 0.3) is 0 Å². The lowest BCUT2D eigenvalue weighted by Crippen LogP contribution is -2.35. The molecule has 6 nitrogen and oxygen atoms in total. The standard InChI is InChI=1S/C23H34N4O2S/c1-5-14-25(15-22(28)24-20-12-8-9-13-21(20)29-4)16-26-17(2)18(3)27(23(26)30)19-10-6-7-11-19/h8-9,12-13,19H,5-7,10-11,14-16H2,1-4H3,(H,24,28). The molecule has 0 radical (unpaired) electrons. The van der Waals surface area contributed by atoms with Gasteiger partial charge < -0.3 is 19.2 Å². The number of amides is 1. The van der Waals surface area contributed by atoms with Crippen molar-refractivity contribution in [1.82, 2.24) is 14.0 Å². The van der Waals surface area contributed by atoms with Crippen molar-refractivity contribution < 1.29 is 9.53 Å². The summed E-state index contributed by atoms with van der Waals surface area (Å²) in [6.07, 6.45) is 5.94. The Labute approximate surface area is 184 Å². The van der Waals surface area contributed by atoms with Crippen LogP contribution < -0.4 is 10.1 Å². The van der Waals surface area contributed by atoms with E-state index in [4.69, 9.17) is 17.0 Å². The molecular weight excluding hydrogens is 396 g/mol. The van der Waals surface area contributed by atoms with Crippen LogP contribution in [0, 0.1) is 18.6 Å². The minimum absolute atomic E-state index is 0.0518. The molecule has 0 bridgehead atoms. The molecule has 1 amide bonds. The number of carbonyl (C=O) groups is 1. The number of anilines is 1. The lowest BCUT2D eigenvalue weighted by atomic mass is 10.2. The number of nitrogens with zero attached hydrogens (tertiary/aromatic N) is 3. The number of imidazole rings is 1. The van der Waals surface area contributed by atoms with Gasteiger partial charge in [0.05, 0.1) is 26.0 Å². The number of hydrogen-bond donors (Lipinski definition) is 1. The minimum atomic E-state index is -0.0518. The van der Waals surface area contributed by atoms with Gasteiger partial charge in [0.15, 0.2) is 4.77 Å². The molecule has 0 unspecified atom stereocenters. The van der Waals surface area contributed by atoms with Crippen molar-refractivity contribution in [2.24, 2.45) is 0 Å². The quantitative estimate of drug-likeness (QED) is 0.565. The molecule has 1 aliphatic carbocycles. The van der Waals surface area contributed by atoms with Crippen LogP contribution >= 0.6 is 12.2 Å². The number of aromatic nitrogens is 2. The van der Waals surface area contributed by atoms with E-state index in [1.807, 2.05) is 24.3 Å². The minimum Gasteiger partial charge on any atom is -0.495 e. The largest absolute Gasteiger partial charge is 0.495 e. The Kier molecular flexibility index (Phi) is 7.72. The van der Waals surface area contributed by atoms with Crippen molar-refractivity contribution >= 4 is 23.8 Å². The second kappa shape index (κ2) is 10.3. The summed E-state index contributed by atoms with van der Waals surface area (Å²) in [5.74, 6) is 0.610. The summed E-state index contributed by atoms with van der Waals surface area (Å²) in [4.78, 5) is 14.9. The molecule has 164 valence electrons. The third-order valence-electron chi connectivity index (χ3n) is 6.05. The van der Waals surface area contributed by atoms with Gasteiger partial charge in [-0.3, -0.25) is 9.69 Å². The second-order valence-electron chi connectivity index (χ2n) is 8.13. The van der Waals surface area contributed by atoms with E-state index in [-0.39, 0.29) is 5.91 Å². The maximum absolute atomic E-state index is 12.8. The van der Waals surface area contributed by atoms with Crippen molar-refractivity contribution in [1.29, 1.82) is 0 Å². The van der Waals surface area contributed by atoms with Crippen LogP contribution in [0.5, 0.6) is 5.75 Å². The van der Waals surface area contributed by atoms with Crippen LogP contribution in [0.15, 0.2) is 24.3 Å². The molecule has 0 aliphatic heterocycles. The van der Waals surface area contributed by atoms with Crippen LogP contribution in [0.4, 0.5) is 5.69 Å². The zero-order valence-electron chi connectivity index (χ0n) is 18.6. The first-order valence-electron chi connectivity index (χ1n) is 10.9. The van der Waals surface area contributed by atoms with Crippen molar-refractivity contribution in [3.8, 4) is 5.75 Å². The van der Waals surface area contributed by atoms with Crippen LogP contribution in [-0.2, 0) is 11.5 Å². The van der Waals surface area contributed by atoms with Gasteiger partial charge in [-0.1, -0.05) is 31.9 Å². The monoisotopic (exact) mass is 430 g/mol. The number of nitrogens with one attached hydrogen (secondary N) is 1. The molecule has 7 heteroatoms. The molecule has 3 rings (SSSR count). The molecule has 1 aromatic heterocycles. The zero-order valence-corrected chi connectivity index (χ0v) is 19.4. The molecule has 0 saturated heterocycles. The molecule has 1 aliphatic rings. The first kappa shape index (κ1) is 22.6. The number of rotatable bonds is 9. The molecule has 1 aromatic carbocycles. The third kappa shape index (κ3) is 4.95. The summed E-state index contributed by atoms with van der Waals surface area (Å²) in [6.45, 7) is 8.19. The second-order valence-corrected chi connectivity index (χ2v) is 8.50. The van der Waals surface area contributed by atoms with E-state index < -0.39 is 0 Å². The number of ether oxygens (including phenoxy) is 1. The van der Waals surface area contributed by atoms with E-state index in [0.717, 1.165) is 17.7 Å².